The molecule has 2 heteroatoms. The van der Waals surface area contributed by atoms with Crippen LogP contribution in [0, 0.1) is 24.6 Å². The van der Waals surface area contributed by atoms with Crippen molar-refractivity contribution in [3.05, 3.63) is 46.8 Å². The average molecular weight is 248 g/mol. The van der Waals surface area contributed by atoms with Gasteiger partial charge in [-0.2, -0.15) is 0 Å². The highest BCUT2D eigenvalue weighted by Gasteiger charge is 2.26. The molecule has 0 fully saturated rings. The minimum Gasteiger partial charge on any atom is -0.388 e. The van der Waals surface area contributed by atoms with Crippen molar-refractivity contribution in [3.8, 4) is 0 Å². The second-order valence-electron chi connectivity index (χ2n) is 5.64. The molecule has 0 radical (unpaired) electrons. The van der Waals surface area contributed by atoms with Crippen molar-refractivity contribution >= 4 is 0 Å². The summed E-state index contributed by atoms with van der Waals surface area (Å²) in [6.07, 6.45) is 3.57. The molecule has 0 spiro atoms. The summed E-state index contributed by atoms with van der Waals surface area (Å²) in [6, 6.07) is 5.04. The molecule has 2 rings (SSSR count). The summed E-state index contributed by atoms with van der Waals surface area (Å²) in [7, 11) is 0. The Hall–Kier alpha value is -1.15. The predicted molar refractivity (Wildman–Crippen MR) is 71.7 cm³/mol. The molecular weight excluding hydrogens is 227 g/mol. The molecule has 0 aromatic heterocycles. The Morgan fingerprint density at radius 2 is 2.06 bits per heavy atom. The molecule has 1 aromatic rings. The Balaban J connectivity index is 2.18. The van der Waals surface area contributed by atoms with Gasteiger partial charge in [-0.05, 0) is 55.7 Å². The molecule has 1 aromatic carbocycles. The van der Waals surface area contributed by atoms with E-state index in [2.05, 4.69) is 19.9 Å². The van der Waals surface area contributed by atoms with Crippen LogP contribution in [0.15, 0.2) is 29.8 Å². The number of hydrogen-bond acceptors (Lipinski definition) is 1. The lowest BCUT2D eigenvalue weighted by Crippen LogP contribution is -2.19. The summed E-state index contributed by atoms with van der Waals surface area (Å²) >= 11 is 0. The van der Waals surface area contributed by atoms with Crippen molar-refractivity contribution in [2.45, 2.75) is 39.7 Å². The van der Waals surface area contributed by atoms with Gasteiger partial charge < -0.3 is 5.11 Å². The molecule has 98 valence electrons. The molecule has 18 heavy (non-hydrogen) atoms. The average Bonchev–Trinajstić information content (AvgIpc) is 2.30. The molecule has 1 aliphatic carbocycles. The normalized spacial score (nSPS) is 25.7. The van der Waals surface area contributed by atoms with Crippen LogP contribution in [0.4, 0.5) is 4.39 Å². The summed E-state index contributed by atoms with van der Waals surface area (Å²) in [5, 5.41) is 10.4. The molecule has 0 amide bonds. The number of benzene rings is 1. The molecule has 1 aliphatic rings. The third kappa shape index (κ3) is 2.81. The van der Waals surface area contributed by atoms with E-state index in [0.29, 0.717) is 17.0 Å². The van der Waals surface area contributed by atoms with Gasteiger partial charge in [0.2, 0.25) is 0 Å². The van der Waals surface area contributed by atoms with Crippen molar-refractivity contribution in [1.82, 2.24) is 0 Å². The number of aliphatic hydroxyl groups is 1. The van der Waals surface area contributed by atoms with Gasteiger partial charge in [0.15, 0.2) is 0 Å². The Bertz CT molecular complexity index is 464. The Morgan fingerprint density at radius 1 is 1.33 bits per heavy atom. The van der Waals surface area contributed by atoms with Crippen LogP contribution < -0.4 is 0 Å². The highest BCUT2D eigenvalue weighted by Crippen LogP contribution is 2.36. The maximum atomic E-state index is 13.5. The molecule has 3 atom stereocenters. The van der Waals surface area contributed by atoms with Crippen molar-refractivity contribution in [3.63, 3.8) is 0 Å². The third-order valence-corrected chi connectivity index (χ3v) is 3.81. The fourth-order valence-corrected chi connectivity index (χ4v) is 2.90. The zero-order chi connectivity index (χ0) is 13.3. The van der Waals surface area contributed by atoms with Gasteiger partial charge in [-0.25, -0.2) is 4.39 Å². The molecule has 0 saturated carbocycles. The monoisotopic (exact) mass is 248 g/mol. The fraction of sp³-hybridized carbons (Fsp3) is 0.500. The molecule has 3 unspecified atom stereocenters. The first-order valence-electron chi connectivity index (χ1n) is 6.58. The van der Waals surface area contributed by atoms with Crippen LogP contribution in [0.5, 0.6) is 0 Å². The van der Waals surface area contributed by atoms with E-state index in [1.54, 1.807) is 13.0 Å². The zero-order valence-electron chi connectivity index (χ0n) is 11.3. The van der Waals surface area contributed by atoms with Crippen LogP contribution in [0.1, 0.15) is 43.9 Å². The molecule has 0 bridgehead atoms. The topological polar surface area (TPSA) is 20.2 Å². The van der Waals surface area contributed by atoms with Gasteiger partial charge in [-0.15, -0.1) is 0 Å². The van der Waals surface area contributed by atoms with Gasteiger partial charge >= 0.3 is 0 Å². The summed E-state index contributed by atoms with van der Waals surface area (Å²) in [6.45, 7) is 6.00. The molecule has 1 N–H and O–H groups in total. The summed E-state index contributed by atoms with van der Waals surface area (Å²) in [5.74, 6) is 0.462. The molecule has 0 saturated heterocycles. The molecular formula is C16H21FO. The summed E-state index contributed by atoms with van der Waals surface area (Å²) in [5.41, 5.74) is 2.65. The van der Waals surface area contributed by atoms with E-state index in [-0.39, 0.29) is 11.7 Å². The number of aryl methyl sites for hydroxylation is 1. The molecule has 1 nitrogen and oxygen atoms in total. The van der Waals surface area contributed by atoms with Crippen molar-refractivity contribution in [2.75, 3.05) is 0 Å². The smallest absolute Gasteiger partial charge is 0.126 e. The van der Waals surface area contributed by atoms with Gasteiger partial charge in [0, 0.05) is 0 Å². The maximum absolute atomic E-state index is 13.5. The standard InChI is InChI=1S/C16H21FO/c1-10-6-11(2)8-14(7-10)16(18)13-5-4-12(3)15(17)9-13/h4-6,9-10,14,16,18H,7-8H2,1-3H3. The Labute approximate surface area is 108 Å². The number of aliphatic hydroxyl groups excluding tert-OH is 1. The Morgan fingerprint density at radius 3 is 2.67 bits per heavy atom. The van der Waals surface area contributed by atoms with Crippen molar-refractivity contribution in [1.29, 1.82) is 0 Å². The van der Waals surface area contributed by atoms with E-state index in [0.717, 1.165) is 12.8 Å². The van der Waals surface area contributed by atoms with Gasteiger partial charge in [0.1, 0.15) is 5.82 Å². The van der Waals surface area contributed by atoms with E-state index in [9.17, 15) is 9.50 Å². The SMILES string of the molecule is CC1=CC(C)CC(C(O)c2ccc(C)c(F)c2)C1. The van der Waals surface area contributed by atoms with Crippen LogP contribution >= 0.6 is 0 Å². The lowest BCUT2D eigenvalue weighted by Gasteiger charge is -2.29. The minimum atomic E-state index is -0.564. The second kappa shape index (κ2) is 5.23. The summed E-state index contributed by atoms with van der Waals surface area (Å²) < 4.78 is 13.5. The van der Waals surface area contributed by atoms with E-state index in [1.807, 2.05) is 6.07 Å². The van der Waals surface area contributed by atoms with Gasteiger partial charge in [0.05, 0.1) is 6.10 Å². The number of rotatable bonds is 2. The molecule has 0 aliphatic heterocycles. The lowest BCUT2D eigenvalue weighted by atomic mass is 9.79. The van der Waals surface area contributed by atoms with Crippen LogP contribution in [-0.2, 0) is 0 Å². The Kier molecular flexibility index (Phi) is 3.86. The van der Waals surface area contributed by atoms with Crippen molar-refractivity contribution < 1.29 is 9.50 Å². The van der Waals surface area contributed by atoms with Crippen LogP contribution in [0.25, 0.3) is 0 Å². The van der Waals surface area contributed by atoms with Crippen LogP contribution in [-0.4, -0.2) is 5.11 Å². The fourth-order valence-electron chi connectivity index (χ4n) is 2.90. The maximum Gasteiger partial charge on any atom is 0.126 e. The first-order valence-corrected chi connectivity index (χ1v) is 6.58. The van der Waals surface area contributed by atoms with Gasteiger partial charge in [-0.3, -0.25) is 0 Å². The largest absolute Gasteiger partial charge is 0.388 e. The van der Waals surface area contributed by atoms with E-state index in [1.165, 1.54) is 11.6 Å². The van der Waals surface area contributed by atoms with Crippen LogP contribution in [0.3, 0.4) is 0 Å². The van der Waals surface area contributed by atoms with Crippen LogP contribution in [0.2, 0.25) is 0 Å². The second-order valence-corrected chi connectivity index (χ2v) is 5.64. The van der Waals surface area contributed by atoms with E-state index < -0.39 is 6.10 Å². The lowest BCUT2D eigenvalue weighted by molar-refractivity contribution is 0.0929. The predicted octanol–water partition coefficient (Wildman–Crippen LogP) is 4.16. The third-order valence-electron chi connectivity index (χ3n) is 3.81. The van der Waals surface area contributed by atoms with Crippen molar-refractivity contribution in [2.24, 2.45) is 11.8 Å². The number of halogens is 1. The zero-order valence-corrected chi connectivity index (χ0v) is 11.3. The first kappa shape index (κ1) is 13.3. The number of hydrogen-bond donors (Lipinski definition) is 1. The summed E-state index contributed by atoms with van der Waals surface area (Å²) in [4.78, 5) is 0. The van der Waals surface area contributed by atoms with E-state index >= 15 is 0 Å². The van der Waals surface area contributed by atoms with Gasteiger partial charge in [-0.1, -0.05) is 30.7 Å². The number of allylic oxidation sites excluding steroid dienone is 2. The highest BCUT2D eigenvalue weighted by atomic mass is 19.1. The van der Waals surface area contributed by atoms with Gasteiger partial charge in [0.25, 0.3) is 0 Å². The first-order chi connectivity index (χ1) is 8.47. The minimum absolute atomic E-state index is 0.201. The highest BCUT2D eigenvalue weighted by molar-refractivity contribution is 5.26. The quantitative estimate of drug-likeness (QED) is 0.779. The molecule has 0 heterocycles. The van der Waals surface area contributed by atoms with E-state index in [4.69, 9.17) is 0 Å².